The Bertz CT molecular complexity index is 730. The number of nitrogens with one attached hydrogen (secondary N) is 1. The number of rotatable bonds is 7. The summed E-state index contributed by atoms with van der Waals surface area (Å²) in [6, 6.07) is 16.8. The number of methoxy groups -OCH3 is 1. The van der Waals surface area contributed by atoms with E-state index in [9.17, 15) is 9.59 Å². The van der Waals surface area contributed by atoms with E-state index in [-0.39, 0.29) is 17.1 Å². The Hall–Kier alpha value is -2.60. The normalized spacial score (nSPS) is 11.9. The number of hydrogen-bond acceptors (Lipinski definition) is 5. The molecule has 130 valence electrons. The summed E-state index contributed by atoms with van der Waals surface area (Å²) in [5.74, 6) is 0.234. The number of carbonyl (C=O) groups is 2. The Kier molecular flexibility index (Phi) is 7.22. The van der Waals surface area contributed by atoms with Crippen LogP contribution < -0.4 is 5.43 Å². The molecule has 2 aromatic carbocycles. The van der Waals surface area contributed by atoms with Crippen LogP contribution in [0.2, 0.25) is 0 Å². The minimum absolute atomic E-state index is 0.150. The van der Waals surface area contributed by atoms with Gasteiger partial charge in [-0.1, -0.05) is 42.5 Å². The smallest absolute Gasteiger partial charge is 0.337 e. The highest BCUT2D eigenvalue weighted by atomic mass is 32.2. The summed E-state index contributed by atoms with van der Waals surface area (Å²) in [6.07, 6.45) is 1.54. The standard InChI is InChI=1S/C19H20N2O3S/c1-14(25-13-16-6-4-3-5-7-16)18(22)21-20-12-15-8-10-17(11-9-15)19(23)24-2/h3-12,14H,13H2,1-2H3,(H,21,22)/b20-12-/t14-/m1/s1. The number of esters is 1. The van der Waals surface area contributed by atoms with Gasteiger partial charge in [0.2, 0.25) is 0 Å². The molecule has 0 aromatic heterocycles. The van der Waals surface area contributed by atoms with Crippen LogP contribution in [0.1, 0.15) is 28.4 Å². The van der Waals surface area contributed by atoms with Crippen LogP contribution in [0.5, 0.6) is 0 Å². The Balaban J connectivity index is 1.80. The Morgan fingerprint density at radius 1 is 1.16 bits per heavy atom. The molecule has 0 bridgehead atoms. The Morgan fingerprint density at radius 2 is 1.84 bits per heavy atom. The summed E-state index contributed by atoms with van der Waals surface area (Å²) in [6.45, 7) is 1.85. The van der Waals surface area contributed by atoms with Crippen LogP contribution in [0.4, 0.5) is 0 Å². The zero-order valence-electron chi connectivity index (χ0n) is 14.1. The van der Waals surface area contributed by atoms with Gasteiger partial charge < -0.3 is 4.74 Å². The number of amides is 1. The number of carbonyl (C=O) groups excluding carboxylic acids is 2. The van der Waals surface area contributed by atoms with Crippen molar-refractivity contribution in [3.8, 4) is 0 Å². The van der Waals surface area contributed by atoms with Crippen molar-refractivity contribution in [2.45, 2.75) is 17.9 Å². The second-order valence-electron chi connectivity index (χ2n) is 5.29. The summed E-state index contributed by atoms with van der Waals surface area (Å²) in [7, 11) is 1.34. The van der Waals surface area contributed by atoms with E-state index in [2.05, 4.69) is 15.3 Å². The van der Waals surface area contributed by atoms with Crippen molar-refractivity contribution in [3.05, 3.63) is 71.3 Å². The molecule has 0 aliphatic carbocycles. The molecule has 1 amide bonds. The third-order valence-corrected chi connectivity index (χ3v) is 4.65. The molecule has 0 aliphatic heterocycles. The number of hydrazone groups is 1. The van der Waals surface area contributed by atoms with Gasteiger partial charge in [-0.3, -0.25) is 4.79 Å². The molecule has 5 nitrogen and oxygen atoms in total. The first-order valence-corrected chi connectivity index (χ1v) is 8.82. The summed E-state index contributed by atoms with van der Waals surface area (Å²) < 4.78 is 4.64. The van der Waals surface area contributed by atoms with Crippen molar-refractivity contribution < 1.29 is 14.3 Å². The van der Waals surface area contributed by atoms with Crippen LogP contribution >= 0.6 is 11.8 Å². The molecular weight excluding hydrogens is 336 g/mol. The van der Waals surface area contributed by atoms with Gasteiger partial charge in [0.05, 0.1) is 24.1 Å². The highest BCUT2D eigenvalue weighted by molar-refractivity contribution is 7.99. The zero-order chi connectivity index (χ0) is 18.1. The maximum absolute atomic E-state index is 12.0. The molecule has 0 spiro atoms. The van der Waals surface area contributed by atoms with Gasteiger partial charge in [-0.2, -0.15) is 5.10 Å². The number of thioether (sulfide) groups is 1. The van der Waals surface area contributed by atoms with Crippen molar-refractivity contribution in [3.63, 3.8) is 0 Å². The third-order valence-electron chi connectivity index (χ3n) is 3.43. The molecule has 0 heterocycles. The maximum Gasteiger partial charge on any atom is 0.337 e. The molecule has 0 radical (unpaired) electrons. The van der Waals surface area contributed by atoms with Gasteiger partial charge in [-0.25, -0.2) is 10.2 Å². The van der Waals surface area contributed by atoms with Crippen molar-refractivity contribution in [2.24, 2.45) is 5.10 Å². The molecule has 0 saturated carbocycles. The van der Waals surface area contributed by atoms with Crippen LogP contribution in [-0.4, -0.2) is 30.5 Å². The second-order valence-corrected chi connectivity index (χ2v) is 6.62. The molecule has 25 heavy (non-hydrogen) atoms. The predicted octanol–water partition coefficient (Wildman–Crippen LogP) is 3.25. The van der Waals surface area contributed by atoms with Gasteiger partial charge in [0, 0.05) is 5.75 Å². The summed E-state index contributed by atoms with van der Waals surface area (Å²) in [5, 5.41) is 3.75. The highest BCUT2D eigenvalue weighted by Crippen LogP contribution is 2.17. The molecule has 0 unspecified atom stereocenters. The van der Waals surface area contributed by atoms with Gasteiger partial charge in [0.25, 0.3) is 5.91 Å². The fourth-order valence-electron chi connectivity index (χ4n) is 1.96. The lowest BCUT2D eigenvalue weighted by atomic mass is 10.1. The number of benzene rings is 2. The van der Waals surface area contributed by atoms with Crippen LogP contribution in [-0.2, 0) is 15.3 Å². The van der Waals surface area contributed by atoms with Gasteiger partial charge in [-0.15, -0.1) is 11.8 Å². The molecular formula is C19H20N2O3S. The van der Waals surface area contributed by atoms with Crippen molar-refractivity contribution in [1.82, 2.24) is 5.43 Å². The summed E-state index contributed by atoms with van der Waals surface area (Å²) in [4.78, 5) is 23.4. The average molecular weight is 356 g/mol. The predicted molar refractivity (Wildman–Crippen MR) is 101 cm³/mol. The van der Waals surface area contributed by atoms with E-state index in [1.165, 1.54) is 18.9 Å². The second kappa shape index (κ2) is 9.64. The first kappa shape index (κ1) is 18.7. The maximum atomic E-state index is 12.0. The van der Waals surface area contributed by atoms with E-state index in [0.29, 0.717) is 5.56 Å². The van der Waals surface area contributed by atoms with E-state index >= 15 is 0 Å². The molecule has 2 aromatic rings. The van der Waals surface area contributed by atoms with E-state index in [4.69, 9.17) is 0 Å². The molecule has 0 saturated heterocycles. The fraction of sp³-hybridized carbons (Fsp3) is 0.211. The average Bonchev–Trinajstić information content (AvgIpc) is 2.66. The number of hydrogen-bond donors (Lipinski definition) is 1. The fourth-order valence-corrected chi connectivity index (χ4v) is 2.79. The lowest BCUT2D eigenvalue weighted by Crippen LogP contribution is -2.27. The Labute approximate surface area is 151 Å². The van der Waals surface area contributed by atoms with Crippen LogP contribution in [0.3, 0.4) is 0 Å². The summed E-state index contributed by atoms with van der Waals surface area (Å²) >= 11 is 1.55. The van der Waals surface area contributed by atoms with Crippen molar-refractivity contribution in [2.75, 3.05) is 7.11 Å². The molecule has 0 aliphatic rings. The molecule has 6 heteroatoms. The van der Waals surface area contributed by atoms with E-state index in [1.807, 2.05) is 37.3 Å². The van der Waals surface area contributed by atoms with Gasteiger partial charge in [-0.05, 0) is 30.2 Å². The van der Waals surface area contributed by atoms with Crippen molar-refractivity contribution >= 4 is 29.9 Å². The first-order valence-electron chi connectivity index (χ1n) is 7.77. The topological polar surface area (TPSA) is 67.8 Å². The lowest BCUT2D eigenvalue weighted by molar-refractivity contribution is -0.120. The quantitative estimate of drug-likeness (QED) is 0.470. The monoisotopic (exact) mass is 356 g/mol. The zero-order valence-corrected chi connectivity index (χ0v) is 15.0. The number of ether oxygens (including phenoxy) is 1. The van der Waals surface area contributed by atoms with Crippen LogP contribution in [0.25, 0.3) is 0 Å². The van der Waals surface area contributed by atoms with E-state index in [0.717, 1.165) is 11.3 Å². The van der Waals surface area contributed by atoms with Crippen LogP contribution in [0, 0.1) is 0 Å². The van der Waals surface area contributed by atoms with E-state index in [1.54, 1.807) is 36.0 Å². The molecule has 0 fully saturated rings. The van der Waals surface area contributed by atoms with Gasteiger partial charge >= 0.3 is 5.97 Å². The molecule has 1 N–H and O–H groups in total. The van der Waals surface area contributed by atoms with Gasteiger partial charge in [0.15, 0.2) is 0 Å². The Morgan fingerprint density at radius 3 is 2.48 bits per heavy atom. The number of nitrogens with zero attached hydrogens (tertiary/aromatic N) is 1. The van der Waals surface area contributed by atoms with Crippen molar-refractivity contribution in [1.29, 1.82) is 0 Å². The van der Waals surface area contributed by atoms with Gasteiger partial charge in [0.1, 0.15) is 0 Å². The van der Waals surface area contributed by atoms with Crippen LogP contribution in [0.15, 0.2) is 59.7 Å². The largest absolute Gasteiger partial charge is 0.465 e. The molecule has 1 atom stereocenters. The third kappa shape index (κ3) is 6.08. The SMILES string of the molecule is COC(=O)c1ccc(/C=N\NC(=O)[C@@H](C)SCc2ccccc2)cc1. The van der Waals surface area contributed by atoms with E-state index < -0.39 is 0 Å². The molecule has 2 rings (SSSR count). The summed E-state index contributed by atoms with van der Waals surface area (Å²) in [5.41, 5.74) is 4.96. The minimum Gasteiger partial charge on any atom is -0.465 e. The lowest BCUT2D eigenvalue weighted by Gasteiger charge is -2.09. The highest BCUT2D eigenvalue weighted by Gasteiger charge is 2.12. The first-order chi connectivity index (χ1) is 12.1. The minimum atomic E-state index is -0.388.